The van der Waals surface area contributed by atoms with Gasteiger partial charge < -0.3 is 10.6 Å². The lowest BCUT2D eigenvalue weighted by Crippen LogP contribution is -2.51. The third-order valence-corrected chi connectivity index (χ3v) is 4.47. The molecule has 2 N–H and O–H groups in total. The van der Waals surface area contributed by atoms with Crippen molar-refractivity contribution < 1.29 is 9.59 Å². The molecule has 1 aromatic rings. The van der Waals surface area contributed by atoms with Gasteiger partial charge in [-0.05, 0) is 37.1 Å². The Morgan fingerprint density at radius 3 is 2.85 bits per heavy atom. The number of hydrogen-bond donors (Lipinski definition) is 1. The first kappa shape index (κ1) is 19.6. The Labute approximate surface area is 154 Å². The summed E-state index contributed by atoms with van der Waals surface area (Å²) in [5, 5.41) is 9.30. The van der Waals surface area contributed by atoms with E-state index in [-0.39, 0.29) is 12.6 Å². The topological polar surface area (TPSA) is 93.7 Å². The molecule has 0 saturated carbocycles. The molecule has 0 aliphatic carbocycles. The van der Waals surface area contributed by atoms with Crippen LogP contribution in [0, 0.1) is 11.3 Å². The second-order valence-corrected chi connectivity index (χ2v) is 6.47. The minimum absolute atomic E-state index is 0.0830. The normalized spacial score (nSPS) is 17.2. The molecule has 138 valence electrons. The maximum Gasteiger partial charge on any atom is 0.328 e. The number of rotatable bonds is 5. The van der Waals surface area contributed by atoms with Crippen molar-refractivity contribution in [3.8, 4) is 6.07 Å². The first-order valence-electron chi connectivity index (χ1n) is 8.61. The number of likely N-dealkylation sites (tertiary alicyclic amines) is 1. The molecule has 7 nitrogen and oxygen atoms in total. The molecule has 26 heavy (non-hydrogen) atoms. The molecule has 0 radical (unpaired) electrons. The van der Waals surface area contributed by atoms with Crippen LogP contribution in [0.3, 0.4) is 0 Å². The molecule has 1 aliphatic rings. The van der Waals surface area contributed by atoms with Crippen molar-refractivity contribution in [2.24, 2.45) is 5.73 Å². The molecule has 1 saturated heterocycles. The third-order valence-electron chi connectivity index (χ3n) is 4.47. The predicted octanol–water partition coefficient (Wildman–Crippen LogP) is 1.51. The van der Waals surface area contributed by atoms with E-state index in [0.29, 0.717) is 18.8 Å². The highest BCUT2D eigenvalue weighted by Gasteiger charge is 2.26. The minimum Gasteiger partial charge on any atom is -0.327 e. The molecule has 0 spiro atoms. The summed E-state index contributed by atoms with van der Waals surface area (Å²) in [5.41, 5.74) is 7.29. The van der Waals surface area contributed by atoms with E-state index in [1.807, 2.05) is 12.1 Å². The number of urea groups is 1. The van der Waals surface area contributed by atoms with Crippen LogP contribution in [0.4, 0.5) is 4.79 Å². The predicted molar refractivity (Wildman–Crippen MR) is 98.7 cm³/mol. The van der Waals surface area contributed by atoms with Gasteiger partial charge in [0.2, 0.25) is 0 Å². The highest BCUT2D eigenvalue weighted by atomic mass is 16.2. The Morgan fingerprint density at radius 2 is 2.19 bits per heavy atom. The fraction of sp³-hybridized carbons (Fsp3) is 0.421. The number of nitrogens with two attached hydrogens (primary N) is 1. The molecular weight excluding hydrogens is 330 g/mol. The molecule has 0 unspecified atom stereocenters. The summed E-state index contributed by atoms with van der Waals surface area (Å²) < 4.78 is 0. The van der Waals surface area contributed by atoms with Crippen LogP contribution < -0.4 is 5.73 Å². The number of nitriles is 1. The second kappa shape index (κ2) is 9.13. The fourth-order valence-electron chi connectivity index (χ4n) is 3.06. The molecule has 3 amide bonds. The van der Waals surface area contributed by atoms with E-state index in [2.05, 4.69) is 17.5 Å². The average Bonchev–Trinajstić information content (AvgIpc) is 2.66. The Kier molecular flexibility index (Phi) is 6.89. The first-order valence-corrected chi connectivity index (χ1v) is 8.61. The highest BCUT2D eigenvalue weighted by molar-refractivity contribution is 5.99. The van der Waals surface area contributed by atoms with Gasteiger partial charge in [0.1, 0.15) is 0 Å². The van der Waals surface area contributed by atoms with E-state index in [1.54, 1.807) is 17.0 Å². The minimum atomic E-state index is -0.469. The van der Waals surface area contributed by atoms with Gasteiger partial charge in [0.15, 0.2) is 0 Å². The molecule has 7 heteroatoms. The Bertz CT molecular complexity index is 712. The van der Waals surface area contributed by atoms with E-state index in [4.69, 9.17) is 5.73 Å². The second-order valence-electron chi connectivity index (χ2n) is 6.47. The fourth-order valence-corrected chi connectivity index (χ4v) is 3.06. The summed E-state index contributed by atoms with van der Waals surface area (Å²) in [7, 11) is 1.43. The van der Waals surface area contributed by atoms with Crippen molar-refractivity contribution in [2.45, 2.75) is 25.4 Å². The highest BCUT2D eigenvalue weighted by Crippen LogP contribution is 2.15. The molecule has 1 fully saturated rings. The van der Waals surface area contributed by atoms with Crippen molar-refractivity contribution >= 4 is 11.9 Å². The average molecular weight is 355 g/mol. The van der Waals surface area contributed by atoms with Crippen molar-refractivity contribution in [1.29, 1.82) is 5.26 Å². The number of carbonyl (C=O) groups excluding carboxylic acids is 2. The van der Waals surface area contributed by atoms with Crippen LogP contribution in [0.25, 0.3) is 0 Å². The van der Waals surface area contributed by atoms with E-state index < -0.39 is 11.9 Å². The van der Waals surface area contributed by atoms with Gasteiger partial charge in [-0.25, -0.2) is 4.79 Å². The van der Waals surface area contributed by atoms with Crippen molar-refractivity contribution in [3.05, 3.63) is 48.0 Å². The maximum atomic E-state index is 12.8. The third kappa shape index (κ3) is 4.91. The number of benzene rings is 1. The first-order chi connectivity index (χ1) is 12.5. The van der Waals surface area contributed by atoms with E-state index in [0.717, 1.165) is 35.9 Å². The number of amides is 3. The summed E-state index contributed by atoms with van der Waals surface area (Å²) >= 11 is 0. The quantitative estimate of drug-likeness (QED) is 0.808. The number of piperidine rings is 1. The summed E-state index contributed by atoms with van der Waals surface area (Å²) in [6.45, 7) is 5.56. The van der Waals surface area contributed by atoms with Crippen LogP contribution in [-0.4, -0.2) is 59.5 Å². The van der Waals surface area contributed by atoms with Gasteiger partial charge in [-0.15, -0.1) is 0 Å². The van der Waals surface area contributed by atoms with Gasteiger partial charge in [-0.2, -0.15) is 5.26 Å². The molecule has 1 atom stereocenters. The van der Waals surface area contributed by atoms with Crippen LogP contribution in [-0.2, 0) is 11.3 Å². The molecule has 1 aromatic carbocycles. The summed E-state index contributed by atoms with van der Waals surface area (Å²) in [5.74, 6) is -0.469. The Hall–Kier alpha value is -2.69. The van der Waals surface area contributed by atoms with Crippen molar-refractivity contribution in [1.82, 2.24) is 14.7 Å². The zero-order valence-electron chi connectivity index (χ0n) is 15.1. The lowest BCUT2D eigenvalue weighted by atomic mass is 10.1. The van der Waals surface area contributed by atoms with Gasteiger partial charge in [0.05, 0.1) is 24.8 Å². The molecule has 0 bridgehead atoms. The van der Waals surface area contributed by atoms with E-state index in [1.165, 1.54) is 7.05 Å². The monoisotopic (exact) mass is 355 g/mol. The number of likely N-dealkylation sites (N-methyl/N-ethyl adjacent to an activating group) is 1. The van der Waals surface area contributed by atoms with Gasteiger partial charge >= 0.3 is 6.03 Å². The zero-order chi connectivity index (χ0) is 19.1. The maximum absolute atomic E-state index is 12.8. The number of carbonyl (C=O) groups is 2. The van der Waals surface area contributed by atoms with E-state index in [9.17, 15) is 14.9 Å². The van der Waals surface area contributed by atoms with Crippen LogP contribution in [0.2, 0.25) is 0 Å². The van der Waals surface area contributed by atoms with Gasteiger partial charge in [0.25, 0.3) is 5.91 Å². The van der Waals surface area contributed by atoms with Crippen LogP contribution in [0.5, 0.6) is 0 Å². The van der Waals surface area contributed by atoms with Crippen LogP contribution >= 0.6 is 0 Å². The molecular formula is C19H25N5O2. The molecule has 0 aromatic heterocycles. The van der Waals surface area contributed by atoms with E-state index >= 15 is 0 Å². The number of hydrogen-bond acceptors (Lipinski definition) is 5. The summed E-state index contributed by atoms with van der Waals surface area (Å²) in [4.78, 5) is 29.4. The summed E-state index contributed by atoms with van der Waals surface area (Å²) in [6, 6.07) is 8.94. The van der Waals surface area contributed by atoms with Gasteiger partial charge in [-0.3, -0.25) is 14.6 Å². The molecule has 1 aliphatic heterocycles. The van der Waals surface area contributed by atoms with Crippen molar-refractivity contribution in [2.75, 3.05) is 26.8 Å². The smallest absolute Gasteiger partial charge is 0.327 e. The Morgan fingerprint density at radius 1 is 1.46 bits per heavy atom. The summed E-state index contributed by atoms with van der Waals surface area (Å²) in [6.07, 6.45) is 3.05. The van der Waals surface area contributed by atoms with Gasteiger partial charge in [0, 0.05) is 19.6 Å². The standard InChI is InChI=1S/C19H25N5O2/c1-3-18(25)22(2)19(26)24(14-23-10-6-9-17(21)13-23)12-16-8-5-4-7-15(16)11-20/h3-5,7-8,17H,1,6,9-10,12-14,21H2,2H3/t17-/m1/s1. The molecule has 1 heterocycles. The van der Waals surface area contributed by atoms with Crippen LogP contribution in [0.1, 0.15) is 24.0 Å². The Balaban J connectivity index is 2.22. The number of imide groups is 1. The lowest BCUT2D eigenvalue weighted by molar-refractivity contribution is -0.122. The molecule has 2 rings (SSSR count). The zero-order valence-corrected chi connectivity index (χ0v) is 15.1. The SMILES string of the molecule is C=CC(=O)N(C)C(=O)N(Cc1ccccc1C#N)CN1CCC[C@@H](N)C1. The largest absolute Gasteiger partial charge is 0.328 e. The van der Waals surface area contributed by atoms with Gasteiger partial charge in [-0.1, -0.05) is 24.8 Å². The number of nitrogens with zero attached hydrogens (tertiary/aromatic N) is 4. The van der Waals surface area contributed by atoms with Crippen LogP contribution in [0.15, 0.2) is 36.9 Å². The van der Waals surface area contributed by atoms with Crippen molar-refractivity contribution in [3.63, 3.8) is 0 Å². The lowest BCUT2D eigenvalue weighted by Gasteiger charge is -2.36.